The molecule has 0 bridgehead atoms. The van der Waals surface area contributed by atoms with Gasteiger partial charge < -0.3 is 4.74 Å². The topological polar surface area (TPSA) is 26.3 Å². The summed E-state index contributed by atoms with van der Waals surface area (Å²) in [6.45, 7) is 3.83. The van der Waals surface area contributed by atoms with Crippen LogP contribution < -0.4 is 0 Å². The number of esters is 1. The van der Waals surface area contributed by atoms with Crippen LogP contribution in [-0.4, -0.2) is 16.9 Å². The second kappa shape index (κ2) is 6.26. The molecule has 0 radical (unpaired) electrons. The van der Waals surface area contributed by atoms with Gasteiger partial charge in [-0.1, -0.05) is 15.9 Å². The van der Waals surface area contributed by atoms with E-state index in [1.165, 1.54) is 0 Å². The van der Waals surface area contributed by atoms with Crippen LogP contribution in [0.5, 0.6) is 0 Å². The number of rotatable bonds is 3. The Hall–Kier alpha value is 1.63. The lowest BCUT2D eigenvalue weighted by Crippen LogP contribution is -2.26. The van der Waals surface area contributed by atoms with Crippen molar-refractivity contribution < 1.29 is 9.53 Å². The van der Waals surface area contributed by atoms with E-state index in [0.29, 0.717) is 6.61 Å². The first-order chi connectivity index (χ1) is 5.75. The zero-order valence-corrected chi connectivity index (χ0v) is 14.5. The fourth-order valence-corrected chi connectivity index (χ4v) is 0.895. The van der Waals surface area contributed by atoms with Gasteiger partial charge in [-0.2, -0.15) is 0 Å². The molecule has 6 heteroatoms. The first-order valence-electron chi connectivity index (χ1n) is 3.31. The summed E-state index contributed by atoms with van der Waals surface area (Å²) in [5.41, 5.74) is 0. The molecule has 0 atom stereocenters. The van der Waals surface area contributed by atoms with Crippen LogP contribution in [0.15, 0.2) is 6.07 Å². The van der Waals surface area contributed by atoms with Crippen LogP contribution >= 0.6 is 77.0 Å². The Morgan fingerprint density at radius 3 is 2.23 bits per heavy atom. The summed E-state index contributed by atoms with van der Waals surface area (Å²) in [4.78, 5) is 11.3. The molecule has 0 aromatic rings. The van der Waals surface area contributed by atoms with E-state index in [2.05, 4.69) is 77.0 Å². The van der Waals surface area contributed by atoms with Gasteiger partial charge in [0.2, 0.25) is 0 Å². The highest BCUT2D eigenvalue weighted by Crippen LogP contribution is 2.25. The molecule has 0 saturated carbocycles. The summed E-state index contributed by atoms with van der Waals surface area (Å²) in [7, 11) is 0. The monoisotopic (exact) mass is 536 g/mol. The van der Waals surface area contributed by atoms with Crippen LogP contribution in [-0.2, 0) is 9.53 Å². The van der Waals surface area contributed by atoms with E-state index >= 15 is 0 Å². The summed E-state index contributed by atoms with van der Waals surface area (Å²) in [5.74, 6) is -0.258. The molecule has 0 aromatic heterocycles. The van der Waals surface area contributed by atoms with Gasteiger partial charge in [0.05, 0.1) is 2.49 Å². The molecule has 0 fully saturated rings. The number of hydrogen-bond acceptors (Lipinski definition) is 2. The Morgan fingerprint density at radius 1 is 1.46 bits per heavy atom. The van der Waals surface area contributed by atoms with E-state index in [0.717, 1.165) is 6.07 Å². The average Bonchev–Trinajstić information content (AvgIpc) is 1.97. The lowest BCUT2D eigenvalue weighted by atomic mass is 10.2. The second-order valence-electron chi connectivity index (χ2n) is 2.71. The molecule has 0 heterocycles. The zero-order chi connectivity index (χ0) is 10.6. The summed E-state index contributed by atoms with van der Waals surface area (Å²) in [6.07, 6.45) is 0. The molecule has 0 aromatic carbocycles. The smallest absolute Gasteiger partial charge is 0.322 e. The van der Waals surface area contributed by atoms with Crippen LogP contribution in [0.2, 0.25) is 0 Å². The molecule has 0 rings (SSSR count). The highest BCUT2D eigenvalue weighted by Gasteiger charge is 2.25. The third-order valence-electron chi connectivity index (χ3n) is 1.02. The number of alkyl halides is 1. The molecule has 0 spiro atoms. The molecule has 0 saturated heterocycles. The van der Waals surface area contributed by atoms with E-state index in [-0.39, 0.29) is 5.97 Å². The predicted octanol–water partition coefficient (Wildman–Crippen LogP) is 4.14. The number of halogens is 4. The first-order valence-corrected chi connectivity index (χ1v) is 7.05. The molecule has 0 N–H and O–H groups in total. The van der Waals surface area contributed by atoms with Crippen LogP contribution in [0.25, 0.3) is 0 Å². The average molecular weight is 538 g/mol. The van der Waals surface area contributed by atoms with Gasteiger partial charge in [0.15, 0.2) is 0 Å². The standard InChI is InChI=1S/C7H8Br2I2O2/c1-7(2,9)6(12)13-3-4(10)5(8)11/h3H2,1-2H3/b5-4+. The minimum Gasteiger partial charge on any atom is -0.459 e. The highest BCUT2D eigenvalue weighted by atomic mass is 127. The summed E-state index contributed by atoms with van der Waals surface area (Å²) >= 11 is 10.8. The van der Waals surface area contributed by atoms with Crippen molar-refractivity contribution in [3.05, 3.63) is 6.07 Å². The predicted molar refractivity (Wildman–Crippen MR) is 78.0 cm³/mol. The van der Waals surface area contributed by atoms with Gasteiger partial charge in [-0.25, -0.2) is 0 Å². The summed E-state index contributed by atoms with van der Waals surface area (Å²) < 4.78 is 6.37. The third-order valence-corrected chi connectivity index (χ3v) is 5.10. The van der Waals surface area contributed by atoms with Crippen molar-refractivity contribution in [3.8, 4) is 0 Å². The van der Waals surface area contributed by atoms with Gasteiger partial charge in [-0.3, -0.25) is 4.79 Å². The molecule has 2 nitrogen and oxygen atoms in total. The number of carbonyl (C=O) groups is 1. The SMILES string of the molecule is CC(C)(Br)C(=O)OC/C(I)=C(/Br)I. The second-order valence-corrected chi connectivity index (χ2v) is 9.35. The van der Waals surface area contributed by atoms with Crippen LogP contribution in [0.3, 0.4) is 0 Å². The molecule has 76 valence electrons. The van der Waals surface area contributed by atoms with Crippen LogP contribution in [0, 0.1) is 0 Å². The van der Waals surface area contributed by atoms with Crippen molar-refractivity contribution in [3.63, 3.8) is 0 Å². The Kier molecular flexibility index (Phi) is 7.05. The van der Waals surface area contributed by atoms with Crippen molar-refractivity contribution in [2.24, 2.45) is 0 Å². The van der Waals surface area contributed by atoms with Crippen molar-refractivity contribution in [2.45, 2.75) is 18.2 Å². The Balaban J connectivity index is 4.07. The maximum absolute atomic E-state index is 11.3. The number of carbonyl (C=O) groups excluding carboxylic acids is 1. The molecular weight excluding hydrogens is 530 g/mol. The maximum Gasteiger partial charge on any atom is 0.322 e. The Bertz CT molecular complexity index is 229. The quantitative estimate of drug-likeness (QED) is 0.307. The molecule has 0 unspecified atom stereocenters. The zero-order valence-electron chi connectivity index (χ0n) is 7.04. The van der Waals surface area contributed by atoms with Gasteiger partial charge in [0.25, 0.3) is 0 Å². The van der Waals surface area contributed by atoms with E-state index in [9.17, 15) is 4.79 Å². The van der Waals surface area contributed by atoms with Crippen LogP contribution in [0.4, 0.5) is 0 Å². The molecule has 0 aliphatic rings. The third kappa shape index (κ3) is 6.67. The highest BCUT2D eigenvalue weighted by molar-refractivity contribution is 14.1. The van der Waals surface area contributed by atoms with Crippen molar-refractivity contribution in [1.29, 1.82) is 0 Å². The fraction of sp³-hybridized carbons (Fsp3) is 0.571. The molecule has 0 amide bonds. The fourth-order valence-electron chi connectivity index (χ4n) is 0.355. The molecule has 0 aliphatic heterocycles. The van der Waals surface area contributed by atoms with E-state index in [1.54, 1.807) is 13.8 Å². The Morgan fingerprint density at radius 2 is 1.92 bits per heavy atom. The van der Waals surface area contributed by atoms with Gasteiger partial charge in [0.1, 0.15) is 10.9 Å². The van der Waals surface area contributed by atoms with Crippen LogP contribution in [0.1, 0.15) is 13.8 Å². The maximum atomic E-state index is 11.3. The minimum atomic E-state index is -0.609. The molecular formula is C7H8Br2I2O2. The first kappa shape index (κ1) is 14.6. The largest absolute Gasteiger partial charge is 0.459 e. The van der Waals surface area contributed by atoms with Gasteiger partial charge >= 0.3 is 5.97 Å². The molecule has 0 aliphatic carbocycles. The van der Waals surface area contributed by atoms with E-state index in [4.69, 9.17) is 4.74 Å². The van der Waals surface area contributed by atoms with Crippen molar-refractivity contribution >= 4 is 83.0 Å². The van der Waals surface area contributed by atoms with E-state index < -0.39 is 4.32 Å². The summed E-state index contributed by atoms with van der Waals surface area (Å²) in [5, 5.41) is 0. The number of ether oxygens (including phenoxy) is 1. The Labute approximate surface area is 122 Å². The lowest BCUT2D eigenvalue weighted by Gasteiger charge is -2.14. The van der Waals surface area contributed by atoms with E-state index in [1.807, 2.05) is 0 Å². The minimum absolute atomic E-state index is 0.258. The summed E-state index contributed by atoms with van der Waals surface area (Å²) in [6, 6.07) is 0. The van der Waals surface area contributed by atoms with Crippen molar-refractivity contribution in [2.75, 3.05) is 6.61 Å². The number of hydrogen-bond donors (Lipinski definition) is 0. The van der Waals surface area contributed by atoms with Gasteiger partial charge in [-0.15, -0.1) is 0 Å². The lowest BCUT2D eigenvalue weighted by molar-refractivity contribution is -0.144. The normalized spacial score (nSPS) is 13.7. The molecule has 13 heavy (non-hydrogen) atoms. The van der Waals surface area contributed by atoms with Gasteiger partial charge in [-0.05, 0) is 75.0 Å². The van der Waals surface area contributed by atoms with Gasteiger partial charge in [0, 0.05) is 3.58 Å². The van der Waals surface area contributed by atoms with Crippen molar-refractivity contribution in [1.82, 2.24) is 0 Å².